The van der Waals surface area contributed by atoms with Crippen molar-refractivity contribution in [2.45, 2.75) is 6.61 Å². The highest BCUT2D eigenvalue weighted by Gasteiger charge is 2.10. The van der Waals surface area contributed by atoms with Crippen molar-refractivity contribution >= 4 is 11.2 Å². The zero-order valence-electron chi connectivity index (χ0n) is 13.4. The van der Waals surface area contributed by atoms with Gasteiger partial charge in [0.15, 0.2) is 0 Å². The van der Waals surface area contributed by atoms with Gasteiger partial charge >= 0.3 is 0 Å². The number of nitrogens with zero attached hydrogens (tertiary/aromatic N) is 4. The first-order chi connectivity index (χ1) is 12.3. The zero-order chi connectivity index (χ0) is 17.1. The fourth-order valence-corrected chi connectivity index (χ4v) is 2.32. The minimum Gasteiger partial charge on any atom is -0.497 e. The molecule has 4 heterocycles. The molecule has 0 aliphatic rings. The van der Waals surface area contributed by atoms with Crippen LogP contribution < -0.4 is 9.47 Å². The predicted octanol–water partition coefficient (Wildman–Crippen LogP) is 3.27. The van der Waals surface area contributed by atoms with Gasteiger partial charge in [0.05, 0.1) is 24.6 Å². The van der Waals surface area contributed by atoms with E-state index in [1.807, 2.05) is 18.2 Å². The fourth-order valence-electron chi connectivity index (χ4n) is 2.32. The van der Waals surface area contributed by atoms with Crippen molar-refractivity contribution in [2.24, 2.45) is 0 Å². The topological polar surface area (TPSA) is 83.2 Å². The summed E-state index contributed by atoms with van der Waals surface area (Å²) in [6.45, 7) is 0.303. The first-order valence-corrected chi connectivity index (χ1v) is 7.60. The monoisotopic (exact) mass is 334 g/mol. The van der Waals surface area contributed by atoms with Gasteiger partial charge in [-0.2, -0.15) is 0 Å². The number of methoxy groups -OCH3 is 1. The smallest absolute Gasteiger partial charge is 0.247 e. The van der Waals surface area contributed by atoms with E-state index in [2.05, 4.69) is 19.9 Å². The van der Waals surface area contributed by atoms with Gasteiger partial charge < -0.3 is 13.9 Å². The molecule has 4 aromatic rings. The molecule has 0 atom stereocenters. The van der Waals surface area contributed by atoms with Gasteiger partial charge in [-0.25, -0.2) is 9.97 Å². The van der Waals surface area contributed by atoms with E-state index >= 15 is 0 Å². The summed E-state index contributed by atoms with van der Waals surface area (Å²) in [5.41, 5.74) is 2.62. The van der Waals surface area contributed by atoms with Crippen LogP contribution in [0.2, 0.25) is 0 Å². The highest BCUT2D eigenvalue weighted by molar-refractivity contribution is 5.73. The average Bonchev–Trinajstić information content (AvgIpc) is 3.10. The molecular weight excluding hydrogens is 320 g/mol. The minimum atomic E-state index is 0.303. The van der Waals surface area contributed by atoms with Crippen LogP contribution in [0.4, 0.5) is 0 Å². The second-order valence-corrected chi connectivity index (χ2v) is 5.23. The third-order valence-electron chi connectivity index (χ3n) is 3.54. The Kier molecular flexibility index (Phi) is 3.96. The molecule has 4 aromatic heterocycles. The summed E-state index contributed by atoms with van der Waals surface area (Å²) in [5, 5.41) is 0. The molecule has 0 N–H and O–H groups in total. The third-order valence-corrected chi connectivity index (χ3v) is 3.54. The van der Waals surface area contributed by atoms with Gasteiger partial charge in [0.1, 0.15) is 23.6 Å². The Balaban J connectivity index is 1.54. The van der Waals surface area contributed by atoms with Crippen molar-refractivity contribution in [3.63, 3.8) is 0 Å². The van der Waals surface area contributed by atoms with E-state index in [-0.39, 0.29) is 0 Å². The number of hydrogen-bond donors (Lipinski definition) is 0. The van der Waals surface area contributed by atoms with Crippen molar-refractivity contribution in [2.75, 3.05) is 7.11 Å². The molecule has 0 radical (unpaired) electrons. The van der Waals surface area contributed by atoms with Crippen molar-refractivity contribution in [1.82, 2.24) is 19.9 Å². The van der Waals surface area contributed by atoms with E-state index in [0.717, 1.165) is 17.0 Å². The molecule has 0 saturated heterocycles. The lowest BCUT2D eigenvalue weighted by molar-refractivity contribution is 0.299. The van der Waals surface area contributed by atoms with Crippen molar-refractivity contribution < 1.29 is 13.9 Å². The fraction of sp³-hybridized carbons (Fsp3) is 0.111. The quantitative estimate of drug-likeness (QED) is 0.554. The molecule has 0 spiro atoms. The molecule has 0 fully saturated rings. The van der Waals surface area contributed by atoms with E-state index in [0.29, 0.717) is 29.5 Å². The Bertz CT molecular complexity index is 1000. The Morgan fingerprint density at radius 3 is 2.84 bits per heavy atom. The van der Waals surface area contributed by atoms with E-state index < -0.39 is 0 Å². The Morgan fingerprint density at radius 2 is 2.00 bits per heavy atom. The minimum absolute atomic E-state index is 0.303. The molecule has 0 saturated carbocycles. The molecule has 7 heteroatoms. The van der Waals surface area contributed by atoms with E-state index in [1.165, 1.54) is 0 Å². The molecular formula is C18H14N4O3. The summed E-state index contributed by atoms with van der Waals surface area (Å²) in [6.07, 6.45) is 6.66. The van der Waals surface area contributed by atoms with Crippen molar-refractivity contribution in [3.8, 4) is 23.0 Å². The van der Waals surface area contributed by atoms with Crippen LogP contribution in [0.15, 0.2) is 59.5 Å². The Morgan fingerprint density at radius 1 is 1.04 bits per heavy atom. The van der Waals surface area contributed by atoms with E-state index in [4.69, 9.17) is 13.9 Å². The second kappa shape index (κ2) is 6.56. The summed E-state index contributed by atoms with van der Waals surface area (Å²) in [5.74, 6) is 1.80. The molecule has 0 amide bonds. The highest BCUT2D eigenvalue weighted by Crippen LogP contribution is 2.25. The van der Waals surface area contributed by atoms with Gasteiger partial charge in [0.2, 0.25) is 11.6 Å². The first-order valence-electron chi connectivity index (χ1n) is 7.60. The van der Waals surface area contributed by atoms with Crippen LogP contribution in [0.5, 0.6) is 11.5 Å². The van der Waals surface area contributed by atoms with Crippen LogP contribution in [0, 0.1) is 0 Å². The molecule has 4 rings (SSSR count). The lowest BCUT2D eigenvalue weighted by atomic mass is 10.3. The normalized spacial score (nSPS) is 10.8. The Hall–Kier alpha value is -3.48. The summed E-state index contributed by atoms with van der Waals surface area (Å²) >= 11 is 0. The molecule has 7 nitrogen and oxygen atoms in total. The standard InChI is InChI=1S/C18H14N4O3/c1-23-14-4-6-20-13(7-14)11-24-15-8-16-18(21-10-15)25-17(22-16)12-3-2-5-19-9-12/h2-10H,11H2,1H3. The van der Waals surface area contributed by atoms with Gasteiger partial charge in [-0.3, -0.25) is 9.97 Å². The predicted molar refractivity (Wildman–Crippen MR) is 90.2 cm³/mol. The number of pyridine rings is 3. The molecule has 25 heavy (non-hydrogen) atoms. The Labute approximate surface area is 143 Å². The van der Waals surface area contributed by atoms with Gasteiger partial charge in [-0.05, 0) is 18.2 Å². The van der Waals surface area contributed by atoms with E-state index in [1.54, 1.807) is 44.0 Å². The number of ether oxygens (including phenoxy) is 2. The van der Waals surface area contributed by atoms with Gasteiger partial charge in [-0.1, -0.05) is 0 Å². The number of fused-ring (bicyclic) bond motifs is 1. The van der Waals surface area contributed by atoms with Crippen molar-refractivity contribution in [3.05, 3.63) is 60.8 Å². The SMILES string of the molecule is COc1ccnc(COc2cnc3oc(-c4cccnc4)nc3c2)c1. The summed E-state index contributed by atoms with van der Waals surface area (Å²) in [4.78, 5) is 17.0. The van der Waals surface area contributed by atoms with Gasteiger partial charge in [0.25, 0.3) is 0 Å². The largest absolute Gasteiger partial charge is 0.497 e. The van der Waals surface area contributed by atoms with Crippen LogP contribution >= 0.6 is 0 Å². The summed E-state index contributed by atoms with van der Waals surface area (Å²) in [6, 6.07) is 9.10. The zero-order valence-corrected chi connectivity index (χ0v) is 13.4. The number of aromatic nitrogens is 4. The van der Waals surface area contributed by atoms with Crippen LogP contribution in [-0.2, 0) is 6.61 Å². The van der Waals surface area contributed by atoms with Crippen molar-refractivity contribution in [1.29, 1.82) is 0 Å². The molecule has 0 aromatic carbocycles. The lowest BCUT2D eigenvalue weighted by Gasteiger charge is -2.06. The lowest BCUT2D eigenvalue weighted by Crippen LogP contribution is -1.99. The van der Waals surface area contributed by atoms with Crippen LogP contribution in [-0.4, -0.2) is 27.0 Å². The molecule has 0 aliphatic carbocycles. The molecule has 0 bridgehead atoms. The van der Waals surface area contributed by atoms with Gasteiger partial charge in [0, 0.05) is 30.7 Å². The molecule has 0 unspecified atom stereocenters. The summed E-state index contributed by atoms with van der Waals surface area (Å²) < 4.78 is 16.6. The maximum atomic E-state index is 5.74. The number of oxazole rings is 1. The second-order valence-electron chi connectivity index (χ2n) is 5.23. The average molecular weight is 334 g/mol. The third kappa shape index (κ3) is 3.25. The van der Waals surface area contributed by atoms with Gasteiger partial charge in [-0.15, -0.1) is 0 Å². The van der Waals surface area contributed by atoms with Crippen LogP contribution in [0.25, 0.3) is 22.7 Å². The molecule has 124 valence electrons. The maximum Gasteiger partial charge on any atom is 0.247 e. The first kappa shape index (κ1) is 15.1. The number of hydrogen-bond acceptors (Lipinski definition) is 7. The number of rotatable bonds is 5. The van der Waals surface area contributed by atoms with E-state index in [9.17, 15) is 0 Å². The maximum absolute atomic E-state index is 5.74. The summed E-state index contributed by atoms with van der Waals surface area (Å²) in [7, 11) is 1.61. The van der Waals surface area contributed by atoms with Crippen LogP contribution in [0.3, 0.4) is 0 Å². The highest BCUT2D eigenvalue weighted by atomic mass is 16.5. The van der Waals surface area contributed by atoms with Crippen LogP contribution in [0.1, 0.15) is 5.69 Å². The molecule has 0 aliphatic heterocycles.